The van der Waals surface area contributed by atoms with Crippen molar-refractivity contribution in [1.82, 2.24) is 0 Å². The highest BCUT2D eigenvalue weighted by Gasteiger charge is 2.11. The number of azo groups is 1. The van der Waals surface area contributed by atoms with E-state index in [2.05, 4.69) is 16.9 Å². The van der Waals surface area contributed by atoms with E-state index < -0.39 is 0 Å². The predicted molar refractivity (Wildman–Crippen MR) is 88.2 cm³/mol. The summed E-state index contributed by atoms with van der Waals surface area (Å²) in [6.45, 7) is 3.85. The lowest BCUT2D eigenvalue weighted by Crippen LogP contribution is -2.26. The standard InChI is InChI=1S/C15H17ClN5/c1-20(2)21(3)15-7-5-4-6-14(15)19-18-11-8-9-13(17)12(16)10-11/h4-10H,1,17H2,2-3H3/q+1. The molecule has 21 heavy (non-hydrogen) atoms. The van der Waals surface area contributed by atoms with Gasteiger partial charge in [0, 0.05) is 0 Å². The summed E-state index contributed by atoms with van der Waals surface area (Å²) in [7, 11) is 3.76. The van der Waals surface area contributed by atoms with Crippen molar-refractivity contribution in [3.8, 4) is 0 Å². The number of halogens is 1. The van der Waals surface area contributed by atoms with E-state index in [0.717, 1.165) is 11.4 Å². The summed E-state index contributed by atoms with van der Waals surface area (Å²) in [6, 6.07) is 12.8. The summed E-state index contributed by atoms with van der Waals surface area (Å²) >= 11 is 5.97. The zero-order valence-electron chi connectivity index (χ0n) is 12.0. The molecule has 0 heterocycles. The fraction of sp³-hybridized carbons (Fsp3) is 0.133. The topological polar surface area (TPSA) is 57.0 Å². The van der Waals surface area contributed by atoms with Gasteiger partial charge in [0.2, 0.25) is 0 Å². The average Bonchev–Trinajstić information content (AvgIpc) is 2.48. The van der Waals surface area contributed by atoms with Crippen LogP contribution in [-0.2, 0) is 0 Å². The molecule has 0 fully saturated rings. The third-order valence-electron chi connectivity index (χ3n) is 3.00. The molecule has 0 aliphatic heterocycles. The second-order valence-electron chi connectivity index (χ2n) is 4.58. The molecule has 2 N–H and O–H groups in total. The van der Waals surface area contributed by atoms with Gasteiger partial charge >= 0.3 is 0 Å². The third-order valence-corrected chi connectivity index (χ3v) is 3.33. The number of rotatable bonds is 4. The van der Waals surface area contributed by atoms with E-state index in [1.54, 1.807) is 22.9 Å². The Morgan fingerprint density at radius 2 is 1.90 bits per heavy atom. The van der Waals surface area contributed by atoms with Crippen molar-refractivity contribution in [3.05, 3.63) is 47.5 Å². The lowest BCUT2D eigenvalue weighted by molar-refractivity contribution is -0.498. The average molecular weight is 303 g/mol. The zero-order chi connectivity index (χ0) is 15.4. The van der Waals surface area contributed by atoms with Gasteiger partial charge in [-0.3, -0.25) is 0 Å². The Morgan fingerprint density at radius 3 is 2.57 bits per heavy atom. The second-order valence-corrected chi connectivity index (χ2v) is 4.98. The van der Waals surface area contributed by atoms with Crippen LogP contribution in [0, 0.1) is 0 Å². The maximum absolute atomic E-state index is 5.97. The highest BCUT2D eigenvalue weighted by Crippen LogP contribution is 2.30. The van der Waals surface area contributed by atoms with Gasteiger partial charge in [0.1, 0.15) is 11.4 Å². The molecule has 0 unspecified atom stereocenters. The molecule has 2 aromatic rings. The molecule has 0 aliphatic rings. The Balaban J connectivity index is 2.32. The normalized spacial score (nSPS) is 10.8. The van der Waals surface area contributed by atoms with Gasteiger partial charge in [-0.05, 0) is 30.3 Å². The molecule has 0 bridgehead atoms. The minimum Gasteiger partial charge on any atom is -0.398 e. The van der Waals surface area contributed by atoms with Crippen LogP contribution >= 0.6 is 11.6 Å². The summed E-state index contributed by atoms with van der Waals surface area (Å²) < 4.78 is 1.72. The summed E-state index contributed by atoms with van der Waals surface area (Å²) in [4.78, 5) is 0. The van der Waals surface area contributed by atoms with E-state index in [1.165, 1.54) is 0 Å². The molecule has 0 atom stereocenters. The molecular formula is C15H17ClN5+. The van der Waals surface area contributed by atoms with E-state index in [4.69, 9.17) is 17.3 Å². The van der Waals surface area contributed by atoms with Crippen molar-refractivity contribution in [2.75, 3.05) is 24.8 Å². The molecule has 6 heteroatoms. The SMILES string of the molecule is C=[N+](C)N(C)c1ccccc1N=Nc1ccc(N)c(Cl)c1. The minimum atomic E-state index is 0.467. The number of para-hydroxylation sites is 1. The highest BCUT2D eigenvalue weighted by atomic mass is 35.5. The first kappa shape index (κ1) is 15.0. The quantitative estimate of drug-likeness (QED) is 0.305. The van der Waals surface area contributed by atoms with Crippen molar-refractivity contribution in [1.29, 1.82) is 0 Å². The molecule has 2 aromatic carbocycles. The van der Waals surface area contributed by atoms with Crippen LogP contribution in [0.25, 0.3) is 0 Å². The molecule has 0 saturated heterocycles. The van der Waals surface area contributed by atoms with Crippen molar-refractivity contribution < 1.29 is 4.68 Å². The zero-order valence-corrected chi connectivity index (χ0v) is 12.7. The third kappa shape index (κ3) is 3.58. The van der Waals surface area contributed by atoms with Crippen LogP contribution in [0.4, 0.5) is 22.7 Å². The molecule has 0 spiro atoms. The van der Waals surface area contributed by atoms with Crippen LogP contribution in [0.15, 0.2) is 52.7 Å². The first-order valence-electron chi connectivity index (χ1n) is 6.32. The summed E-state index contributed by atoms with van der Waals surface area (Å²) in [5.41, 5.74) is 8.48. The molecular weight excluding hydrogens is 286 g/mol. The first-order chi connectivity index (χ1) is 9.99. The lowest BCUT2D eigenvalue weighted by atomic mass is 10.2. The number of hydrazine groups is 1. The van der Waals surface area contributed by atoms with E-state index in [0.29, 0.717) is 16.4 Å². The number of nitrogens with two attached hydrogens (primary N) is 1. The second kappa shape index (κ2) is 6.37. The maximum atomic E-state index is 5.97. The Morgan fingerprint density at radius 1 is 1.19 bits per heavy atom. The number of hydrogen-bond acceptors (Lipinski definition) is 4. The molecule has 0 amide bonds. The lowest BCUT2D eigenvalue weighted by Gasteiger charge is -2.13. The summed E-state index contributed by atoms with van der Waals surface area (Å²) in [6.07, 6.45) is 0. The predicted octanol–water partition coefficient (Wildman–Crippen LogP) is 4.03. The summed E-state index contributed by atoms with van der Waals surface area (Å²) in [5.74, 6) is 0. The Bertz CT molecular complexity index is 696. The number of hydrazone groups is 1. The van der Waals surface area contributed by atoms with Gasteiger partial charge in [-0.25, -0.2) is 0 Å². The van der Waals surface area contributed by atoms with Gasteiger partial charge in [0.25, 0.3) is 0 Å². The van der Waals surface area contributed by atoms with Crippen molar-refractivity contribution in [2.45, 2.75) is 0 Å². The minimum absolute atomic E-state index is 0.467. The van der Waals surface area contributed by atoms with Crippen LogP contribution in [-0.4, -0.2) is 25.5 Å². The van der Waals surface area contributed by atoms with Crippen molar-refractivity contribution in [3.63, 3.8) is 0 Å². The van der Waals surface area contributed by atoms with Crippen LogP contribution in [0.1, 0.15) is 0 Å². The number of nitrogen functional groups attached to an aromatic ring is 1. The van der Waals surface area contributed by atoms with Crippen LogP contribution in [0.2, 0.25) is 5.02 Å². The molecule has 0 aromatic heterocycles. The van der Waals surface area contributed by atoms with Gasteiger partial charge in [0.05, 0.1) is 23.4 Å². The summed E-state index contributed by atoms with van der Waals surface area (Å²) in [5, 5.41) is 10.8. The van der Waals surface area contributed by atoms with Crippen molar-refractivity contribution in [2.24, 2.45) is 10.2 Å². The molecule has 108 valence electrons. The van der Waals surface area contributed by atoms with E-state index in [-0.39, 0.29) is 0 Å². The van der Waals surface area contributed by atoms with Gasteiger partial charge in [0.15, 0.2) is 13.8 Å². The fourth-order valence-electron chi connectivity index (χ4n) is 1.70. The van der Waals surface area contributed by atoms with Crippen LogP contribution in [0.3, 0.4) is 0 Å². The molecule has 2 rings (SSSR count). The fourth-order valence-corrected chi connectivity index (χ4v) is 1.87. The van der Waals surface area contributed by atoms with Crippen LogP contribution in [0.5, 0.6) is 0 Å². The van der Waals surface area contributed by atoms with Gasteiger partial charge in [-0.2, -0.15) is 10.1 Å². The molecule has 5 nitrogen and oxygen atoms in total. The Hall–Kier alpha value is -2.40. The van der Waals surface area contributed by atoms with E-state index in [1.807, 2.05) is 43.4 Å². The van der Waals surface area contributed by atoms with Gasteiger partial charge in [-0.15, -0.1) is 9.80 Å². The maximum Gasteiger partial charge on any atom is 0.161 e. The number of anilines is 2. The molecule has 0 radical (unpaired) electrons. The highest BCUT2D eigenvalue weighted by molar-refractivity contribution is 6.33. The van der Waals surface area contributed by atoms with Gasteiger partial charge in [-0.1, -0.05) is 23.7 Å². The number of benzene rings is 2. The van der Waals surface area contributed by atoms with E-state index in [9.17, 15) is 0 Å². The Kier molecular flexibility index (Phi) is 4.55. The molecule has 0 saturated carbocycles. The van der Waals surface area contributed by atoms with Crippen LogP contribution < -0.4 is 10.7 Å². The number of nitrogens with zero attached hydrogens (tertiary/aromatic N) is 4. The largest absolute Gasteiger partial charge is 0.398 e. The van der Waals surface area contributed by atoms with Crippen molar-refractivity contribution >= 4 is 41.1 Å². The van der Waals surface area contributed by atoms with Gasteiger partial charge < -0.3 is 5.73 Å². The molecule has 0 aliphatic carbocycles. The Labute approximate surface area is 129 Å². The number of hydrogen-bond donors (Lipinski definition) is 1. The smallest absolute Gasteiger partial charge is 0.161 e. The monoisotopic (exact) mass is 302 g/mol. The first-order valence-corrected chi connectivity index (χ1v) is 6.70. The van der Waals surface area contributed by atoms with E-state index >= 15 is 0 Å².